The van der Waals surface area contributed by atoms with Gasteiger partial charge in [-0.2, -0.15) is 0 Å². The first kappa shape index (κ1) is 27.6. The van der Waals surface area contributed by atoms with Crippen LogP contribution in [0.5, 0.6) is 17.2 Å². The number of hydrogen-bond donors (Lipinski definition) is 3. The Morgan fingerprint density at radius 1 is 1.06 bits per heavy atom. The quantitative estimate of drug-likeness (QED) is 0.159. The van der Waals surface area contributed by atoms with Gasteiger partial charge in [0.2, 0.25) is 0 Å². The van der Waals surface area contributed by atoms with Crippen molar-refractivity contribution in [1.82, 2.24) is 5.32 Å². The number of ether oxygens (including phenoxy) is 2. The summed E-state index contributed by atoms with van der Waals surface area (Å²) in [6.45, 7) is 3.52. The molecule has 0 saturated carbocycles. The average molecular weight is 876 g/mol. The molecule has 0 bridgehead atoms. The number of rotatable bonds is 11. The maximum absolute atomic E-state index is 12.4. The van der Waals surface area contributed by atoms with E-state index < -0.39 is 6.04 Å². The van der Waals surface area contributed by atoms with Crippen molar-refractivity contribution in [3.05, 3.63) is 44.1 Å². The molecule has 0 heterocycles. The van der Waals surface area contributed by atoms with E-state index in [9.17, 15) is 9.90 Å². The molecular weight excluding hydrogens is 852 g/mol. The Morgan fingerprint density at radius 2 is 1.68 bits per heavy atom. The first-order valence-corrected chi connectivity index (χ1v) is 14.0. The number of nitrogens with two attached hydrogens (primary N) is 1. The van der Waals surface area contributed by atoms with Crippen LogP contribution in [0.3, 0.4) is 0 Å². The predicted molar refractivity (Wildman–Crippen MR) is 156 cm³/mol. The zero-order valence-corrected chi connectivity index (χ0v) is 25.5. The molecule has 170 valence electrons. The lowest BCUT2D eigenvalue weighted by atomic mass is 10.1. The minimum atomic E-state index is -0.406. The van der Waals surface area contributed by atoms with Crippen LogP contribution in [0.4, 0.5) is 0 Å². The van der Waals surface area contributed by atoms with Gasteiger partial charge in [0.15, 0.2) is 5.75 Å². The van der Waals surface area contributed by atoms with Crippen LogP contribution in [0, 0.1) is 14.3 Å². The highest BCUT2D eigenvalue weighted by Crippen LogP contribution is 2.37. The average Bonchev–Trinajstić information content (AvgIpc) is 2.71. The zero-order valence-electron chi connectivity index (χ0n) is 16.9. The fourth-order valence-corrected chi connectivity index (χ4v) is 6.64. The topological polar surface area (TPSA) is 93.8 Å². The normalized spacial score (nSPS) is 11.9. The van der Waals surface area contributed by atoms with Gasteiger partial charge in [0.25, 0.3) is 0 Å². The van der Waals surface area contributed by atoms with Gasteiger partial charge in [-0.3, -0.25) is 4.79 Å². The number of phenols is 1. The second-order valence-electron chi connectivity index (χ2n) is 6.68. The molecule has 0 spiro atoms. The van der Waals surface area contributed by atoms with Crippen molar-refractivity contribution in [2.75, 3.05) is 19.7 Å². The molecule has 6 nitrogen and oxygen atoms in total. The molecule has 0 aliphatic rings. The predicted octanol–water partition coefficient (Wildman–Crippen LogP) is 5.41. The van der Waals surface area contributed by atoms with Gasteiger partial charge >= 0.3 is 5.97 Å². The van der Waals surface area contributed by atoms with Gasteiger partial charge < -0.3 is 25.6 Å². The summed E-state index contributed by atoms with van der Waals surface area (Å²) in [6, 6.07) is 7.27. The van der Waals surface area contributed by atoms with Gasteiger partial charge in [0.05, 0.1) is 20.9 Å². The van der Waals surface area contributed by atoms with Gasteiger partial charge in [0, 0.05) is 0 Å². The van der Waals surface area contributed by atoms with Gasteiger partial charge in [0.1, 0.15) is 17.5 Å². The van der Waals surface area contributed by atoms with E-state index in [1.54, 1.807) is 12.1 Å². The van der Waals surface area contributed by atoms with Crippen molar-refractivity contribution >= 4 is 96.3 Å². The van der Waals surface area contributed by atoms with Crippen LogP contribution in [0.2, 0.25) is 0 Å². The number of nitrogens with one attached hydrogen (secondary N) is 1. The highest BCUT2D eigenvalue weighted by Gasteiger charge is 2.21. The van der Waals surface area contributed by atoms with Crippen LogP contribution in [0.15, 0.2) is 24.3 Å². The van der Waals surface area contributed by atoms with Gasteiger partial charge in [-0.1, -0.05) is 0 Å². The summed E-state index contributed by atoms with van der Waals surface area (Å²) >= 11 is 8.67. The Morgan fingerprint density at radius 3 is 2.23 bits per heavy atom. The molecule has 0 aliphatic heterocycles. The van der Waals surface area contributed by atoms with E-state index >= 15 is 0 Å². The molecule has 4 N–H and O–H groups in total. The maximum atomic E-state index is 12.4. The summed E-state index contributed by atoms with van der Waals surface area (Å²) in [7, 11) is 0. The van der Waals surface area contributed by atoms with Crippen molar-refractivity contribution in [2.45, 2.75) is 32.2 Å². The molecule has 0 saturated heterocycles. The number of esters is 1. The third-order valence-corrected chi connectivity index (χ3v) is 7.55. The third-order valence-electron chi connectivity index (χ3n) is 4.30. The highest BCUT2D eigenvalue weighted by atomic mass is 127. The van der Waals surface area contributed by atoms with Crippen LogP contribution in [-0.4, -0.2) is 36.8 Å². The Kier molecular flexibility index (Phi) is 12.4. The van der Waals surface area contributed by atoms with Gasteiger partial charge in [-0.05, 0) is 159 Å². The third kappa shape index (κ3) is 8.57. The van der Waals surface area contributed by atoms with Gasteiger partial charge in [-0.25, -0.2) is 0 Å². The lowest BCUT2D eigenvalue weighted by molar-refractivity contribution is -0.145. The molecule has 2 aromatic rings. The molecule has 0 aromatic heterocycles. The molecule has 10 heteroatoms. The summed E-state index contributed by atoms with van der Waals surface area (Å²) in [5, 5.41) is 13.3. The lowest BCUT2D eigenvalue weighted by Crippen LogP contribution is -2.40. The summed E-state index contributed by atoms with van der Waals surface area (Å²) in [5.41, 5.74) is 6.58. The van der Waals surface area contributed by atoms with E-state index in [1.807, 2.05) is 19.1 Å². The number of phenolic OH excluding ortho intramolecular Hbond substituents is 1. The fourth-order valence-electron chi connectivity index (χ4n) is 2.81. The van der Waals surface area contributed by atoms with E-state index in [1.165, 1.54) is 0 Å². The van der Waals surface area contributed by atoms with E-state index in [4.69, 9.17) is 15.2 Å². The maximum Gasteiger partial charge on any atom is 0.323 e. The largest absolute Gasteiger partial charge is 0.506 e. The standard InChI is InChI=1S/C21H24I4N2O4/c1-2-30-21(29)18(27-6-4-3-5-26)9-12-7-16(24)20(17(25)8-12)31-13-10-14(22)19(28)15(23)11-13/h7-8,10-11,18,27-28H,2-6,9,26H2,1H3/t18-/m0/s1. The van der Waals surface area contributed by atoms with Crippen molar-refractivity contribution in [3.8, 4) is 17.2 Å². The number of hydrogen-bond acceptors (Lipinski definition) is 6. The van der Waals surface area contributed by atoms with Crippen molar-refractivity contribution in [2.24, 2.45) is 5.73 Å². The van der Waals surface area contributed by atoms with E-state index in [-0.39, 0.29) is 11.7 Å². The second-order valence-corrected chi connectivity index (χ2v) is 11.3. The van der Waals surface area contributed by atoms with E-state index in [2.05, 4.69) is 95.7 Å². The van der Waals surface area contributed by atoms with E-state index in [0.29, 0.717) is 31.9 Å². The SMILES string of the molecule is CCOC(=O)[C@H](Cc1cc(I)c(Oc2cc(I)c(O)c(I)c2)c(I)c1)NCCCCN. The number of carbonyl (C=O) groups is 1. The molecule has 31 heavy (non-hydrogen) atoms. The van der Waals surface area contributed by atoms with Crippen molar-refractivity contribution in [3.63, 3.8) is 0 Å². The Bertz CT molecular complexity index is 865. The van der Waals surface area contributed by atoms with Crippen LogP contribution >= 0.6 is 90.4 Å². The molecule has 2 aromatic carbocycles. The summed E-state index contributed by atoms with van der Waals surface area (Å²) in [4.78, 5) is 12.4. The zero-order chi connectivity index (χ0) is 23.0. The monoisotopic (exact) mass is 876 g/mol. The molecular formula is C21H24I4N2O4. The van der Waals surface area contributed by atoms with Crippen LogP contribution in [-0.2, 0) is 16.0 Å². The number of halogens is 4. The molecule has 0 unspecified atom stereocenters. The van der Waals surface area contributed by atoms with Crippen molar-refractivity contribution in [1.29, 1.82) is 0 Å². The molecule has 2 rings (SSSR count). The number of unbranched alkanes of at least 4 members (excludes halogenated alkanes) is 1. The summed E-state index contributed by atoms with van der Waals surface area (Å²) in [5.74, 6) is 1.44. The van der Waals surface area contributed by atoms with Crippen molar-refractivity contribution < 1.29 is 19.4 Å². The Labute approximate surface area is 237 Å². The Hall–Kier alpha value is 0.350. The molecule has 0 amide bonds. The second kappa shape index (κ2) is 13.9. The number of aromatic hydroxyl groups is 1. The number of carbonyl (C=O) groups excluding carboxylic acids is 1. The molecule has 0 aliphatic carbocycles. The van der Waals surface area contributed by atoms with E-state index in [0.717, 1.165) is 38.4 Å². The number of benzene rings is 2. The summed E-state index contributed by atoms with van der Waals surface area (Å²) in [6.07, 6.45) is 2.36. The Balaban J connectivity index is 2.19. The molecule has 1 atom stereocenters. The summed E-state index contributed by atoms with van der Waals surface area (Å²) < 4.78 is 14.8. The molecule has 0 radical (unpaired) electrons. The van der Waals surface area contributed by atoms with Crippen LogP contribution in [0.25, 0.3) is 0 Å². The first-order valence-electron chi connectivity index (χ1n) is 9.70. The minimum absolute atomic E-state index is 0.242. The van der Waals surface area contributed by atoms with Gasteiger partial charge in [-0.15, -0.1) is 0 Å². The van der Waals surface area contributed by atoms with Crippen LogP contribution in [0.1, 0.15) is 25.3 Å². The van der Waals surface area contributed by atoms with Crippen LogP contribution < -0.4 is 15.8 Å². The lowest BCUT2D eigenvalue weighted by Gasteiger charge is -2.19. The smallest absolute Gasteiger partial charge is 0.323 e. The first-order chi connectivity index (χ1) is 14.8. The molecule has 0 fully saturated rings. The fraction of sp³-hybridized carbons (Fsp3) is 0.381. The minimum Gasteiger partial charge on any atom is -0.506 e. The highest BCUT2D eigenvalue weighted by molar-refractivity contribution is 14.1.